The molecule has 7 nitrogen and oxygen atoms in total. The van der Waals surface area contributed by atoms with Crippen LogP contribution in [0.1, 0.15) is 30.1 Å². The number of hydrogen-bond acceptors (Lipinski definition) is 5. The predicted octanol–water partition coefficient (Wildman–Crippen LogP) is 1.68. The molecule has 3 heterocycles. The molecule has 1 atom stereocenters. The van der Waals surface area contributed by atoms with Crippen LogP contribution >= 0.6 is 0 Å². The standard InChI is InChI=1S/C17H20N4O3/c1-2-24-17(23)14-4-3-8-20(11-14)16(22)13-5-6-19-15(10-13)21-9-7-18-12-21/h5-7,9-10,12,14H,2-4,8,11H2,1H3. The van der Waals surface area contributed by atoms with E-state index in [2.05, 4.69) is 9.97 Å². The lowest BCUT2D eigenvalue weighted by Crippen LogP contribution is -2.42. The molecule has 0 bridgehead atoms. The lowest BCUT2D eigenvalue weighted by molar-refractivity contribution is -0.149. The van der Waals surface area contributed by atoms with Gasteiger partial charge in [-0.25, -0.2) is 9.97 Å². The van der Waals surface area contributed by atoms with Crippen molar-refractivity contribution in [1.29, 1.82) is 0 Å². The number of ether oxygens (including phenoxy) is 1. The molecule has 0 saturated carbocycles. The van der Waals surface area contributed by atoms with E-state index in [9.17, 15) is 9.59 Å². The number of carbonyl (C=O) groups excluding carboxylic acids is 2. The highest BCUT2D eigenvalue weighted by Gasteiger charge is 2.29. The fourth-order valence-electron chi connectivity index (χ4n) is 2.88. The summed E-state index contributed by atoms with van der Waals surface area (Å²) in [4.78, 5) is 34.7. The summed E-state index contributed by atoms with van der Waals surface area (Å²) < 4.78 is 6.83. The Hall–Kier alpha value is -2.70. The smallest absolute Gasteiger partial charge is 0.310 e. The van der Waals surface area contributed by atoms with Crippen molar-refractivity contribution in [3.05, 3.63) is 42.6 Å². The monoisotopic (exact) mass is 328 g/mol. The second-order valence-corrected chi connectivity index (χ2v) is 5.72. The molecule has 0 aliphatic carbocycles. The van der Waals surface area contributed by atoms with Crippen LogP contribution in [0, 0.1) is 5.92 Å². The molecule has 0 radical (unpaired) electrons. The van der Waals surface area contributed by atoms with Crippen molar-refractivity contribution >= 4 is 11.9 Å². The summed E-state index contributed by atoms with van der Waals surface area (Å²) in [5, 5.41) is 0. The zero-order valence-electron chi connectivity index (χ0n) is 13.6. The fraction of sp³-hybridized carbons (Fsp3) is 0.412. The van der Waals surface area contributed by atoms with Crippen LogP contribution < -0.4 is 0 Å². The van der Waals surface area contributed by atoms with Gasteiger partial charge in [-0.05, 0) is 31.9 Å². The van der Waals surface area contributed by atoms with E-state index in [4.69, 9.17) is 4.74 Å². The Bertz CT molecular complexity index is 714. The molecule has 24 heavy (non-hydrogen) atoms. The van der Waals surface area contributed by atoms with Crippen LogP contribution in [0.3, 0.4) is 0 Å². The molecule has 1 unspecified atom stereocenters. The first-order chi connectivity index (χ1) is 11.7. The van der Waals surface area contributed by atoms with Gasteiger partial charge in [0.25, 0.3) is 5.91 Å². The van der Waals surface area contributed by atoms with Crippen LogP contribution in [-0.2, 0) is 9.53 Å². The van der Waals surface area contributed by atoms with Gasteiger partial charge in [0.05, 0.1) is 12.5 Å². The minimum absolute atomic E-state index is 0.0900. The maximum Gasteiger partial charge on any atom is 0.310 e. The van der Waals surface area contributed by atoms with Crippen LogP contribution in [0.4, 0.5) is 0 Å². The highest BCUT2D eigenvalue weighted by molar-refractivity contribution is 5.95. The van der Waals surface area contributed by atoms with E-state index in [0.717, 1.165) is 12.8 Å². The van der Waals surface area contributed by atoms with Gasteiger partial charge in [0, 0.05) is 37.2 Å². The molecular weight excluding hydrogens is 308 g/mol. The van der Waals surface area contributed by atoms with E-state index in [-0.39, 0.29) is 17.8 Å². The molecule has 1 aliphatic rings. The Kier molecular flexibility index (Phi) is 4.88. The fourth-order valence-corrected chi connectivity index (χ4v) is 2.88. The molecule has 1 fully saturated rings. The molecule has 3 rings (SSSR count). The third-order valence-electron chi connectivity index (χ3n) is 4.09. The first-order valence-corrected chi connectivity index (χ1v) is 8.09. The molecule has 126 valence electrons. The van der Waals surface area contributed by atoms with Crippen molar-refractivity contribution in [3.8, 4) is 5.82 Å². The van der Waals surface area contributed by atoms with Crippen LogP contribution in [0.25, 0.3) is 5.82 Å². The van der Waals surface area contributed by atoms with E-state index >= 15 is 0 Å². The number of amides is 1. The Labute approximate surface area is 140 Å². The Morgan fingerprint density at radius 3 is 3.00 bits per heavy atom. The van der Waals surface area contributed by atoms with Gasteiger partial charge in [-0.3, -0.25) is 14.2 Å². The Morgan fingerprint density at radius 2 is 2.25 bits per heavy atom. The number of pyridine rings is 1. The molecule has 1 aliphatic heterocycles. The summed E-state index contributed by atoms with van der Waals surface area (Å²) in [5.41, 5.74) is 0.554. The number of hydrogen-bond donors (Lipinski definition) is 0. The maximum atomic E-state index is 12.8. The second kappa shape index (κ2) is 7.25. The Balaban J connectivity index is 1.74. The van der Waals surface area contributed by atoms with Crippen LogP contribution in [-0.4, -0.2) is 51.0 Å². The van der Waals surface area contributed by atoms with Crippen molar-refractivity contribution in [2.45, 2.75) is 19.8 Å². The number of esters is 1. The van der Waals surface area contributed by atoms with E-state index in [1.165, 1.54) is 0 Å². The summed E-state index contributed by atoms with van der Waals surface area (Å²) in [5.74, 6) is 0.0894. The van der Waals surface area contributed by atoms with Gasteiger partial charge < -0.3 is 9.64 Å². The van der Waals surface area contributed by atoms with Gasteiger partial charge in [-0.1, -0.05) is 0 Å². The van der Waals surface area contributed by atoms with Crippen molar-refractivity contribution < 1.29 is 14.3 Å². The first kappa shape index (κ1) is 16.2. The second-order valence-electron chi connectivity index (χ2n) is 5.72. The molecule has 1 amide bonds. The highest BCUT2D eigenvalue weighted by Crippen LogP contribution is 2.20. The number of piperidine rings is 1. The zero-order valence-corrected chi connectivity index (χ0v) is 13.6. The number of imidazole rings is 1. The van der Waals surface area contributed by atoms with Gasteiger partial charge in [0.1, 0.15) is 12.1 Å². The summed E-state index contributed by atoms with van der Waals surface area (Å²) in [6, 6.07) is 3.43. The molecule has 2 aromatic rings. The number of nitrogens with zero attached hydrogens (tertiary/aromatic N) is 4. The number of rotatable bonds is 4. The number of likely N-dealkylation sites (tertiary alicyclic amines) is 1. The normalized spacial score (nSPS) is 17.5. The van der Waals surface area contributed by atoms with E-state index < -0.39 is 0 Å². The van der Waals surface area contributed by atoms with Crippen LogP contribution in [0.5, 0.6) is 0 Å². The molecule has 0 spiro atoms. The van der Waals surface area contributed by atoms with Crippen LogP contribution in [0.15, 0.2) is 37.1 Å². The van der Waals surface area contributed by atoms with Crippen molar-refractivity contribution in [1.82, 2.24) is 19.4 Å². The lowest BCUT2D eigenvalue weighted by Gasteiger charge is -2.31. The zero-order chi connectivity index (χ0) is 16.9. The third kappa shape index (κ3) is 3.45. The van der Waals surface area contributed by atoms with E-state index in [1.807, 2.05) is 0 Å². The van der Waals surface area contributed by atoms with Crippen molar-refractivity contribution in [3.63, 3.8) is 0 Å². The average Bonchev–Trinajstić information content (AvgIpc) is 3.16. The summed E-state index contributed by atoms with van der Waals surface area (Å²) in [7, 11) is 0. The van der Waals surface area contributed by atoms with Gasteiger partial charge in [0.15, 0.2) is 0 Å². The summed E-state index contributed by atoms with van der Waals surface area (Å²) >= 11 is 0. The van der Waals surface area contributed by atoms with Gasteiger partial charge >= 0.3 is 5.97 Å². The maximum absolute atomic E-state index is 12.8. The van der Waals surface area contributed by atoms with Crippen LogP contribution in [0.2, 0.25) is 0 Å². The summed E-state index contributed by atoms with van der Waals surface area (Å²) in [6.07, 6.45) is 8.23. The number of aromatic nitrogens is 3. The summed E-state index contributed by atoms with van der Waals surface area (Å²) in [6.45, 7) is 3.21. The molecule has 0 aromatic carbocycles. The van der Waals surface area contributed by atoms with Gasteiger partial charge in [-0.2, -0.15) is 0 Å². The van der Waals surface area contributed by atoms with Crippen molar-refractivity contribution in [2.24, 2.45) is 5.92 Å². The molecular formula is C17H20N4O3. The first-order valence-electron chi connectivity index (χ1n) is 8.09. The highest BCUT2D eigenvalue weighted by atomic mass is 16.5. The topological polar surface area (TPSA) is 77.3 Å². The average molecular weight is 328 g/mol. The van der Waals surface area contributed by atoms with E-state index in [0.29, 0.717) is 31.1 Å². The van der Waals surface area contributed by atoms with Gasteiger partial charge in [-0.15, -0.1) is 0 Å². The minimum Gasteiger partial charge on any atom is -0.466 e. The van der Waals surface area contributed by atoms with E-state index in [1.54, 1.807) is 53.4 Å². The number of carbonyl (C=O) groups is 2. The van der Waals surface area contributed by atoms with Crippen molar-refractivity contribution in [2.75, 3.05) is 19.7 Å². The molecule has 1 saturated heterocycles. The SMILES string of the molecule is CCOC(=O)C1CCCN(C(=O)c2ccnc(-n3ccnc3)c2)C1. The van der Waals surface area contributed by atoms with Gasteiger partial charge in [0.2, 0.25) is 0 Å². The minimum atomic E-state index is -0.238. The molecule has 0 N–H and O–H groups in total. The Morgan fingerprint density at radius 1 is 1.38 bits per heavy atom. The largest absolute Gasteiger partial charge is 0.466 e. The third-order valence-corrected chi connectivity index (χ3v) is 4.09. The quantitative estimate of drug-likeness (QED) is 0.798. The predicted molar refractivity (Wildman–Crippen MR) is 86.6 cm³/mol. The molecule has 7 heteroatoms. The molecule has 2 aromatic heterocycles. The lowest BCUT2D eigenvalue weighted by atomic mass is 9.97.